The maximum atomic E-state index is 13.8. The Balaban J connectivity index is 1.36. The van der Waals surface area contributed by atoms with Gasteiger partial charge in [0.15, 0.2) is 5.13 Å². The highest BCUT2D eigenvalue weighted by Gasteiger charge is 2.36. The second-order valence-corrected chi connectivity index (χ2v) is 13.7. The van der Waals surface area contributed by atoms with Crippen molar-refractivity contribution in [3.8, 4) is 5.75 Å². The highest BCUT2D eigenvalue weighted by atomic mass is 35.5. The van der Waals surface area contributed by atoms with Crippen LogP contribution < -0.4 is 9.64 Å². The number of amides is 1. The number of fused-ring (bicyclic) bond motifs is 1. The summed E-state index contributed by atoms with van der Waals surface area (Å²) in [7, 11) is -3.61. The highest BCUT2D eigenvalue weighted by Crippen LogP contribution is 2.37. The van der Waals surface area contributed by atoms with E-state index in [9.17, 15) is 13.2 Å². The Morgan fingerprint density at radius 3 is 2.69 bits per heavy atom. The van der Waals surface area contributed by atoms with Crippen molar-refractivity contribution in [3.05, 3.63) is 34.7 Å². The number of carbonyl (C=O) groups excluding carboxylic acids is 1. The minimum atomic E-state index is -3.61. The number of ether oxygens (including phenoxy) is 2. The van der Waals surface area contributed by atoms with Crippen LogP contribution in [0.25, 0.3) is 10.2 Å². The lowest BCUT2D eigenvalue weighted by Crippen LogP contribution is -2.46. The van der Waals surface area contributed by atoms with Crippen LogP contribution in [-0.4, -0.2) is 62.6 Å². The van der Waals surface area contributed by atoms with E-state index in [1.807, 2.05) is 25.1 Å². The third-order valence-corrected chi connectivity index (χ3v) is 11.2. The molecular weight excluding hydrogens is 542 g/mol. The Morgan fingerprint density at radius 1 is 1.22 bits per heavy atom. The van der Waals surface area contributed by atoms with E-state index in [4.69, 9.17) is 26.1 Å². The van der Waals surface area contributed by atoms with Crippen LogP contribution in [0.4, 0.5) is 5.13 Å². The summed E-state index contributed by atoms with van der Waals surface area (Å²) in [5, 5.41) is 0.626. The van der Waals surface area contributed by atoms with E-state index in [0.717, 1.165) is 34.4 Å². The number of sulfonamides is 1. The lowest BCUT2D eigenvalue weighted by atomic mass is 9.96. The molecule has 5 rings (SSSR count). The minimum absolute atomic E-state index is 0.0290. The van der Waals surface area contributed by atoms with E-state index in [0.29, 0.717) is 47.8 Å². The van der Waals surface area contributed by atoms with E-state index in [2.05, 4.69) is 0 Å². The molecule has 2 fully saturated rings. The molecule has 194 valence electrons. The first-order valence-electron chi connectivity index (χ1n) is 12.1. The maximum absolute atomic E-state index is 13.8. The first kappa shape index (κ1) is 25.9. The van der Waals surface area contributed by atoms with Crippen LogP contribution in [0.5, 0.6) is 5.75 Å². The number of nitrogens with zero attached hydrogens (tertiary/aromatic N) is 3. The topological polar surface area (TPSA) is 89.0 Å². The molecule has 1 unspecified atom stereocenters. The van der Waals surface area contributed by atoms with Gasteiger partial charge >= 0.3 is 0 Å². The van der Waals surface area contributed by atoms with Gasteiger partial charge in [0.25, 0.3) is 10.0 Å². The van der Waals surface area contributed by atoms with Crippen LogP contribution >= 0.6 is 34.3 Å². The van der Waals surface area contributed by atoms with Gasteiger partial charge in [-0.15, -0.1) is 11.3 Å². The summed E-state index contributed by atoms with van der Waals surface area (Å²) >= 11 is 8.47. The molecule has 2 aromatic heterocycles. The van der Waals surface area contributed by atoms with Gasteiger partial charge in [-0.25, -0.2) is 13.4 Å². The summed E-state index contributed by atoms with van der Waals surface area (Å²) < 4.78 is 40.7. The summed E-state index contributed by atoms with van der Waals surface area (Å²) in [5.41, 5.74) is 0.750. The standard InChI is InChI=1S/C24H28ClN3O5S3/c1-2-32-18-6-3-7-19-22(18)26-24(34-19)28(15-17-5-4-14-33-17)23(29)16-10-12-27(13-11-16)36(30,31)21-9-8-20(25)35-21/h3,6-9,16-17H,2,4-5,10-15H2,1H3. The third kappa shape index (κ3) is 5.27. The second kappa shape index (κ2) is 10.9. The minimum Gasteiger partial charge on any atom is -0.492 e. The zero-order valence-electron chi connectivity index (χ0n) is 19.9. The third-order valence-electron chi connectivity index (χ3n) is 6.52. The Kier molecular flexibility index (Phi) is 7.85. The molecular formula is C24H28ClN3O5S3. The SMILES string of the molecule is CCOc1cccc2sc(N(CC3CCCO3)C(=O)C3CCN(S(=O)(=O)c4ccc(Cl)s4)CC3)nc12. The number of carbonyl (C=O) groups is 1. The number of aromatic nitrogens is 1. The smallest absolute Gasteiger partial charge is 0.252 e. The molecule has 2 aliphatic heterocycles. The van der Waals surface area contributed by atoms with Gasteiger partial charge in [-0.3, -0.25) is 9.69 Å². The maximum Gasteiger partial charge on any atom is 0.252 e. The molecule has 0 N–H and O–H groups in total. The van der Waals surface area contributed by atoms with Gasteiger partial charge in [0, 0.05) is 25.6 Å². The predicted molar refractivity (Wildman–Crippen MR) is 143 cm³/mol. The van der Waals surface area contributed by atoms with Gasteiger partial charge in [-0.1, -0.05) is 29.0 Å². The predicted octanol–water partition coefficient (Wildman–Crippen LogP) is 5.02. The van der Waals surface area contributed by atoms with Crippen molar-refractivity contribution in [1.82, 2.24) is 9.29 Å². The fourth-order valence-corrected chi connectivity index (χ4v) is 8.78. The van der Waals surface area contributed by atoms with Crippen molar-refractivity contribution in [2.75, 3.05) is 37.7 Å². The molecule has 12 heteroatoms. The highest BCUT2D eigenvalue weighted by molar-refractivity contribution is 7.91. The summed E-state index contributed by atoms with van der Waals surface area (Å²) in [4.78, 5) is 20.4. The van der Waals surface area contributed by atoms with Gasteiger partial charge in [0.05, 0.1) is 28.3 Å². The van der Waals surface area contributed by atoms with Crippen molar-refractivity contribution in [2.45, 2.75) is 42.9 Å². The van der Waals surface area contributed by atoms with Crippen molar-refractivity contribution in [1.29, 1.82) is 0 Å². The van der Waals surface area contributed by atoms with Crippen LogP contribution in [0.15, 0.2) is 34.5 Å². The summed E-state index contributed by atoms with van der Waals surface area (Å²) in [6.07, 6.45) is 2.75. The van der Waals surface area contributed by atoms with Crippen molar-refractivity contribution in [2.24, 2.45) is 5.92 Å². The molecule has 0 aliphatic carbocycles. The molecule has 0 bridgehead atoms. The van der Waals surface area contributed by atoms with E-state index < -0.39 is 10.0 Å². The molecule has 1 aromatic carbocycles. The molecule has 0 saturated carbocycles. The number of hydrogen-bond donors (Lipinski definition) is 0. The monoisotopic (exact) mass is 569 g/mol. The van der Waals surface area contributed by atoms with E-state index in [1.54, 1.807) is 11.0 Å². The summed E-state index contributed by atoms with van der Waals surface area (Å²) in [5.74, 6) is 0.385. The summed E-state index contributed by atoms with van der Waals surface area (Å²) in [6.45, 7) is 4.17. The number of hydrogen-bond acceptors (Lipinski definition) is 8. The van der Waals surface area contributed by atoms with E-state index in [1.165, 1.54) is 21.7 Å². The van der Waals surface area contributed by atoms with Gasteiger partial charge in [0.2, 0.25) is 5.91 Å². The first-order chi connectivity index (χ1) is 17.4. The average molecular weight is 570 g/mol. The number of thiophene rings is 1. The Hall–Kier alpha value is -1.76. The molecule has 1 amide bonds. The number of anilines is 1. The van der Waals surface area contributed by atoms with E-state index >= 15 is 0 Å². The molecule has 36 heavy (non-hydrogen) atoms. The molecule has 1 atom stereocenters. The van der Waals surface area contributed by atoms with Crippen LogP contribution in [-0.2, 0) is 19.6 Å². The van der Waals surface area contributed by atoms with Gasteiger partial charge < -0.3 is 9.47 Å². The molecule has 0 radical (unpaired) electrons. The van der Waals surface area contributed by atoms with Gasteiger partial charge in [-0.05, 0) is 56.9 Å². The molecule has 4 heterocycles. The summed E-state index contributed by atoms with van der Waals surface area (Å²) in [6, 6.07) is 8.92. The quantitative estimate of drug-likeness (QED) is 0.378. The van der Waals surface area contributed by atoms with Crippen LogP contribution in [0.2, 0.25) is 4.34 Å². The van der Waals surface area contributed by atoms with E-state index in [-0.39, 0.29) is 35.2 Å². The lowest BCUT2D eigenvalue weighted by molar-refractivity contribution is -0.123. The average Bonchev–Trinajstić information content (AvgIpc) is 3.64. The van der Waals surface area contributed by atoms with Gasteiger partial charge in [-0.2, -0.15) is 4.31 Å². The number of piperidine rings is 1. The lowest BCUT2D eigenvalue weighted by Gasteiger charge is -2.33. The Bertz CT molecular complexity index is 1330. The van der Waals surface area contributed by atoms with Crippen molar-refractivity contribution < 1.29 is 22.7 Å². The molecule has 2 saturated heterocycles. The van der Waals surface area contributed by atoms with Gasteiger partial charge in [0.1, 0.15) is 15.5 Å². The van der Waals surface area contributed by atoms with Crippen LogP contribution in [0.1, 0.15) is 32.6 Å². The van der Waals surface area contributed by atoms with Crippen LogP contribution in [0, 0.1) is 5.92 Å². The number of halogens is 1. The van der Waals surface area contributed by atoms with Crippen LogP contribution in [0.3, 0.4) is 0 Å². The molecule has 8 nitrogen and oxygen atoms in total. The largest absolute Gasteiger partial charge is 0.492 e. The second-order valence-electron chi connectivity index (χ2n) is 8.85. The van der Waals surface area contributed by atoms with Crippen molar-refractivity contribution >= 4 is 65.6 Å². The number of para-hydroxylation sites is 1. The zero-order valence-corrected chi connectivity index (χ0v) is 23.1. The zero-order chi connectivity index (χ0) is 25.3. The first-order valence-corrected chi connectivity index (χ1v) is 15.5. The number of thiazole rings is 1. The number of benzene rings is 1. The van der Waals surface area contributed by atoms with Crippen molar-refractivity contribution in [3.63, 3.8) is 0 Å². The molecule has 0 spiro atoms. The molecule has 3 aromatic rings. The molecule has 2 aliphatic rings. The normalized spacial score (nSPS) is 19.7. The Labute approximate surface area is 223 Å². The number of rotatable bonds is 8. The Morgan fingerprint density at radius 2 is 2.03 bits per heavy atom. The fourth-order valence-electron chi connectivity index (χ4n) is 4.68. The fraction of sp³-hybridized carbons (Fsp3) is 0.500.